The Balaban J connectivity index is 1.88. The molecule has 2 aliphatic rings. The molecule has 0 bridgehead atoms. The minimum absolute atomic E-state index is 0.303. The normalized spacial score (nSPS) is 21.8. The fourth-order valence-electron chi connectivity index (χ4n) is 1.73. The van der Waals surface area contributed by atoms with Crippen LogP contribution in [0.25, 0.3) is 0 Å². The minimum atomic E-state index is -0.303. The lowest BCUT2D eigenvalue weighted by Gasteiger charge is -2.28. The van der Waals surface area contributed by atoms with Crippen LogP contribution in [-0.4, -0.2) is 33.7 Å². The number of carbonyl (C=O) groups is 1. The van der Waals surface area contributed by atoms with Crippen LogP contribution >= 0.6 is 23.5 Å². The van der Waals surface area contributed by atoms with Crippen LogP contribution in [0.15, 0.2) is 24.6 Å². The number of amides is 1. The van der Waals surface area contributed by atoms with E-state index in [0.717, 1.165) is 0 Å². The third kappa shape index (κ3) is 3.45. The van der Waals surface area contributed by atoms with Crippen LogP contribution in [0.5, 0.6) is 0 Å². The van der Waals surface area contributed by atoms with Gasteiger partial charge < -0.3 is 4.74 Å². The van der Waals surface area contributed by atoms with Gasteiger partial charge in [0.25, 0.3) is 0 Å². The van der Waals surface area contributed by atoms with E-state index in [2.05, 4.69) is 12.2 Å². The molecule has 0 aromatic carbocycles. The van der Waals surface area contributed by atoms with Crippen LogP contribution in [0.3, 0.4) is 0 Å². The van der Waals surface area contributed by atoms with Crippen molar-refractivity contribution in [1.29, 1.82) is 0 Å². The molecule has 2 heterocycles. The van der Waals surface area contributed by atoms with Crippen molar-refractivity contribution in [2.24, 2.45) is 5.92 Å². The quantitative estimate of drug-likeness (QED) is 0.770. The average Bonchev–Trinajstić information content (AvgIpc) is 2.40. The molecule has 94 valence electrons. The molecule has 0 aliphatic carbocycles. The summed E-state index contributed by atoms with van der Waals surface area (Å²) in [7, 11) is 0. The molecule has 0 atom stereocenters. The molecule has 1 saturated heterocycles. The van der Waals surface area contributed by atoms with Gasteiger partial charge in [0.05, 0.1) is 11.2 Å². The van der Waals surface area contributed by atoms with E-state index in [-0.39, 0.29) is 6.09 Å². The number of hydrogen-bond acceptors (Lipinski definition) is 4. The second-order valence-corrected chi connectivity index (χ2v) is 6.63. The van der Waals surface area contributed by atoms with Crippen LogP contribution in [0.1, 0.15) is 13.3 Å². The van der Waals surface area contributed by atoms with Crippen LogP contribution in [0.4, 0.5) is 4.79 Å². The molecule has 0 spiro atoms. The highest BCUT2D eigenvalue weighted by Gasteiger charge is 2.23. The Labute approximate surface area is 111 Å². The maximum Gasteiger partial charge on any atom is 0.417 e. The average molecular weight is 271 g/mol. The molecule has 2 rings (SSSR count). The van der Waals surface area contributed by atoms with Gasteiger partial charge in [0.15, 0.2) is 0 Å². The molecule has 0 aromatic rings. The van der Waals surface area contributed by atoms with E-state index >= 15 is 0 Å². The van der Waals surface area contributed by atoms with Gasteiger partial charge in [0.1, 0.15) is 0 Å². The highest BCUT2D eigenvalue weighted by Crippen LogP contribution is 2.37. The maximum absolute atomic E-state index is 11.5. The topological polar surface area (TPSA) is 29.5 Å². The monoisotopic (exact) mass is 271 g/mol. The van der Waals surface area contributed by atoms with Gasteiger partial charge in [-0.3, -0.25) is 4.90 Å². The summed E-state index contributed by atoms with van der Waals surface area (Å²) in [5.74, 6) is 2.92. The van der Waals surface area contributed by atoms with Crippen LogP contribution in [0.2, 0.25) is 0 Å². The highest BCUT2D eigenvalue weighted by molar-refractivity contribution is 8.17. The van der Waals surface area contributed by atoms with Gasteiger partial charge in [-0.15, -0.1) is 23.5 Å². The standard InChI is InChI=1S/C12H17NO2S2/c1-2-15-12(14)13-6-4-10(5-7-13)11-16-8-3-9-17-11/h4-7,10-11H,2-3,8-9H2,1H3. The molecule has 0 aromatic heterocycles. The molecule has 1 fully saturated rings. The first kappa shape index (κ1) is 12.9. The smallest absolute Gasteiger partial charge is 0.417 e. The molecule has 3 nitrogen and oxygen atoms in total. The van der Waals surface area contributed by atoms with Crippen molar-refractivity contribution in [2.75, 3.05) is 18.1 Å². The van der Waals surface area contributed by atoms with Gasteiger partial charge >= 0.3 is 6.09 Å². The Bertz CT molecular complexity index is 310. The molecule has 5 heteroatoms. The summed E-state index contributed by atoms with van der Waals surface area (Å²) in [5, 5.41) is 0. The predicted octanol–water partition coefficient (Wildman–Crippen LogP) is 3.30. The molecule has 2 aliphatic heterocycles. The molecule has 0 N–H and O–H groups in total. The third-order valence-corrected chi connectivity index (χ3v) is 5.73. The Morgan fingerprint density at radius 1 is 1.35 bits per heavy atom. The summed E-state index contributed by atoms with van der Waals surface area (Å²) in [6.45, 7) is 2.22. The Kier molecular flexibility index (Phi) is 4.86. The fourth-order valence-corrected chi connectivity index (χ4v) is 4.77. The number of ether oxygens (including phenoxy) is 1. The first-order valence-corrected chi connectivity index (χ1v) is 7.96. The van der Waals surface area contributed by atoms with E-state index in [9.17, 15) is 4.79 Å². The summed E-state index contributed by atoms with van der Waals surface area (Å²) in [6.07, 6.45) is 8.82. The summed E-state index contributed by atoms with van der Waals surface area (Å²) < 4.78 is 5.53. The van der Waals surface area contributed by atoms with Gasteiger partial charge in [-0.2, -0.15) is 0 Å². The minimum Gasteiger partial charge on any atom is -0.449 e. The summed E-state index contributed by atoms with van der Waals surface area (Å²) in [6, 6.07) is 0. The molecule has 0 saturated carbocycles. The summed E-state index contributed by atoms with van der Waals surface area (Å²) in [4.78, 5) is 13.0. The lowest BCUT2D eigenvalue weighted by atomic mass is 10.1. The van der Waals surface area contributed by atoms with Crippen LogP contribution < -0.4 is 0 Å². The largest absolute Gasteiger partial charge is 0.449 e. The molecular weight excluding hydrogens is 254 g/mol. The first-order valence-electron chi connectivity index (χ1n) is 5.86. The van der Waals surface area contributed by atoms with Crippen molar-refractivity contribution in [1.82, 2.24) is 4.90 Å². The Hall–Kier alpha value is -0.550. The first-order chi connectivity index (χ1) is 8.31. The van der Waals surface area contributed by atoms with Crippen molar-refractivity contribution in [2.45, 2.75) is 17.9 Å². The fraction of sp³-hybridized carbons (Fsp3) is 0.583. The van der Waals surface area contributed by atoms with E-state index in [1.54, 1.807) is 0 Å². The Morgan fingerprint density at radius 3 is 2.59 bits per heavy atom. The van der Waals surface area contributed by atoms with Crippen LogP contribution in [-0.2, 0) is 4.74 Å². The van der Waals surface area contributed by atoms with E-state index in [4.69, 9.17) is 4.74 Å². The number of carbonyl (C=O) groups excluding carboxylic acids is 1. The Morgan fingerprint density at radius 2 is 2.00 bits per heavy atom. The summed E-state index contributed by atoms with van der Waals surface area (Å²) in [5.41, 5.74) is 0. The van der Waals surface area contributed by atoms with Crippen molar-refractivity contribution in [3.05, 3.63) is 24.6 Å². The van der Waals surface area contributed by atoms with E-state index in [0.29, 0.717) is 17.1 Å². The number of rotatable bonds is 2. The van der Waals surface area contributed by atoms with Gasteiger partial charge in [-0.25, -0.2) is 4.79 Å². The highest BCUT2D eigenvalue weighted by atomic mass is 32.2. The van der Waals surface area contributed by atoms with Gasteiger partial charge in [0, 0.05) is 18.3 Å². The lowest BCUT2D eigenvalue weighted by Crippen LogP contribution is -2.25. The van der Waals surface area contributed by atoms with Gasteiger partial charge in [-0.1, -0.05) is 12.2 Å². The van der Waals surface area contributed by atoms with Crippen molar-refractivity contribution >= 4 is 29.6 Å². The van der Waals surface area contributed by atoms with Crippen molar-refractivity contribution in [3.63, 3.8) is 0 Å². The molecular formula is C12H17NO2S2. The van der Waals surface area contributed by atoms with Crippen LogP contribution in [0, 0.1) is 5.92 Å². The molecule has 0 unspecified atom stereocenters. The second-order valence-electron chi connectivity index (χ2n) is 3.83. The van der Waals surface area contributed by atoms with E-state index in [1.807, 2.05) is 42.8 Å². The molecule has 0 radical (unpaired) electrons. The SMILES string of the molecule is CCOC(=O)N1C=CC(C2SCCCS2)C=C1. The van der Waals surface area contributed by atoms with E-state index in [1.165, 1.54) is 22.8 Å². The molecule has 17 heavy (non-hydrogen) atoms. The van der Waals surface area contributed by atoms with Gasteiger partial charge in [0.2, 0.25) is 0 Å². The zero-order valence-corrected chi connectivity index (χ0v) is 11.5. The zero-order chi connectivity index (χ0) is 12.1. The van der Waals surface area contributed by atoms with Crippen molar-refractivity contribution in [3.8, 4) is 0 Å². The second kappa shape index (κ2) is 6.40. The van der Waals surface area contributed by atoms with Gasteiger partial charge in [-0.05, 0) is 24.9 Å². The maximum atomic E-state index is 11.5. The number of hydrogen-bond donors (Lipinski definition) is 0. The third-order valence-electron chi connectivity index (χ3n) is 2.58. The summed E-state index contributed by atoms with van der Waals surface area (Å²) >= 11 is 4.03. The van der Waals surface area contributed by atoms with Crippen molar-refractivity contribution < 1.29 is 9.53 Å². The van der Waals surface area contributed by atoms with E-state index < -0.39 is 0 Å². The number of nitrogens with zero attached hydrogens (tertiary/aromatic N) is 1. The molecule has 1 amide bonds. The zero-order valence-electron chi connectivity index (χ0n) is 9.87. The lowest BCUT2D eigenvalue weighted by molar-refractivity contribution is 0.133. The number of allylic oxidation sites excluding steroid dienone is 2. The number of thioether (sulfide) groups is 2. The predicted molar refractivity (Wildman–Crippen MR) is 74.0 cm³/mol.